The van der Waals surface area contributed by atoms with Crippen LogP contribution in [0.1, 0.15) is 19.3 Å². The highest BCUT2D eigenvalue weighted by Crippen LogP contribution is 2.23. The van der Waals surface area contributed by atoms with Crippen LogP contribution in [-0.4, -0.2) is 61.6 Å². The van der Waals surface area contributed by atoms with E-state index in [9.17, 15) is 31.6 Å². The molecule has 0 unspecified atom stereocenters. The highest BCUT2D eigenvalue weighted by atomic mass is 32.2. The molecule has 2 fully saturated rings. The summed E-state index contributed by atoms with van der Waals surface area (Å²) >= 11 is 0. The van der Waals surface area contributed by atoms with E-state index < -0.39 is 26.6 Å². The number of amides is 3. The van der Waals surface area contributed by atoms with Crippen LogP contribution in [-0.2, 0) is 24.4 Å². The first-order valence-corrected chi connectivity index (χ1v) is 9.75. The average Bonchev–Trinajstić information content (AvgIpc) is 2.85. The molecule has 0 bridgehead atoms. The number of carbonyl (C=O) groups excluding carboxylic acids is 3. The van der Waals surface area contributed by atoms with Crippen LogP contribution in [0.3, 0.4) is 0 Å². The van der Waals surface area contributed by atoms with Gasteiger partial charge in [-0.1, -0.05) is 6.07 Å². The van der Waals surface area contributed by atoms with Crippen LogP contribution in [0.2, 0.25) is 0 Å². The molecule has 3 rings (SSSR count). The lowest BCUT2D eigenvalue weighted by Gasteiger charge is -2.43. The zero-order chi connectivity index (χ0) is 19.8. The second-order valence-electron chi connectivity index (χ2n) is 6.31. The van der Waals surface area contributed by atoms with E-state index in [2.05, 4.69) is 0 Å². The first-order valence-electron chi connectivity index (χ1n) is 8.27. The Bertz CT molecular complexity index is 863. The number of nitrogens with one attached hydrogen (secondary N) is 1. The lowest BCUT2D eigenvalue weighted by molar-refractivity contribution is -0.151. The van der Waals surface area contributed by atoms with Crippen LogP contribution in [0.15, 0.2) is 23.1 Å². The number of rotatable bonds is 6. The highest BCUT2D eigenvalue weighted by molar-refractivity contribution is 7.89. The summed E-state index contributed by atoms with van der Waals surface area (Å²) in [5.41, 5.74) is 0. The fourth-order valence-electron chi connectivity index (χ4n) is 3.09. The van der Waals surface area contributed by atoms with Gasteiger partial charge < -0.3 is 4.90 Å². The van der Waals surface area contributed by atoms with E-state index in [4.69, 9.17) is 0 Å². The number of hydrogen-bond acceptors (Lipinski definition) is 5. The molecule has 2 aliphatic heterocycles. The van der Waals surface area contributed by atoms with Gasteiger partial charge in [0.15, 0.2) is 4.90 Å². The Morgan fingerprint density at radius 2 is 1.67 bits per heavy atom. The molecule has 0 aliphatic carbocycles. The summed E-state index contributed by atoms with van der Waals surface area (Å²) in [7, 11) is -4.44. The van der Waals surface area contributed by atoms with Gasteiger partial charge in [0.1, 0.15) is 11.6 Å². The molecule has 0 saturated carbocycles. The predicted octanol–water partition coefficient (Wildman–Crippen LogP) is -0.00700. The van der Waals surface area contributed by atoms with E-state index in [1.54, 1.807) is 0 Å². The van der Waals surface area contributed by atoms with Crippen molar-refractivity contribution >= 4 is 27.7 Å². The molecular formula is C16H17F2N3O5S. The summed E-state index contributed by atoms with van der Waals surface area (Å²) in [5.74, 6) is -3.34. The minimum absolute atomic E-state index is 0.178. The van der Waals surface area contributed by atoms with E-state index in [0.29, 0.717) is 0 Å². The number of carbonyl (C=O) groups is 3. The highest BCUT2D eigenvalue weighted by Gasteiger charge is 2.42. The van der Waals surface area contributed by atoms with Crippen LogP contribution in [0.25, 0.3) is 0 Å². The third-order valence-corrected chi connectivity index (χ3v) is 6.00. The summed E-state index contributed by atoms with van der Waals surface area (Å²) < 4.78 is 53.2. The Balaban J connectivity index is 1.49. The molecule has 0 aromatic heterocycles. The second-order valence-corrected chi connectivity index (χ2v) is 8.01. The number of halogens is 2. The molecule has 0 spiro atoms. The third-order valence-electron chi connectivity index (χ3n) is 4.49. The van der Waals surface area contributed by atoms with Gasteiger partial charge in [0.2, 0.25) is 27.7 Å². The smallest absolute Gasteiger partial charge is 0.246 e. The molecule has 1 aromatic carbocycles. The van der Waals surface area contributed by atoms with Crippen LogP contribution in [0, 0.1) is 11.6 Å². The fourth-order valence-corrected chi connectivity index (χ4v) is 4.25. The molecule has 0 radical (unpaired) electrons. The molecule has 2 heterocycles. The third kappa shape index (κ3) is 3.83. The quantitative estimate of drug-likeness (QED) is 0.676. The van der Waals surface area contributed by atoms with E-state index in [1.165, 1.54) is 9.80 Å². The van der Waals surface area contributed by atoms with Gasteiger partial charge >= 0.3 is 0 Å². The van der Waals surface area contributed by atoms with Gasteiger partial charge in [-0.3, -0.25) is 19.3 Å². The fraction of sp³-hybridized carbons (Fsp3) is 0.438. The van der Waals surface area contributed by atoms with Gasteiger partial charge in [0.25, 0.3) is 0 Å². The van der Waals surface area contributed by atoms with Crippen molar-refractivity contribution in [2.45, 2.75) is 30.2 Å². The summed E-state index contributed by atoms with van der Waals surface area (Å²) in [6.07, 6.45) is 0.138. The van der Waals surface area contributed by atoms with Gasteiger partial charge in [-0.15, -0.1) is 0 Å². The zero-order valence-corrected chi connectivity index (χ0v) is 15.0. The molecule has 8 nitrogen and oxygen atoms in total. The van der Waals surface area contributed by atoms with E-state index in [0.717, 1.165) is 18.2 Å². The van der Waals surface area contributed by atoms with Crippen molar-refractivity contribution in [3.63, 3.8) is 0 Å². The molecule has 11 heteroatoms. The Kier molecular flexibility index (Phi) is 5.24. The minimum Gasteiger partial charge on any atom is -0.338 e. The van der Waals surface area contributed by atoms with E-state index >= 15 is 0 Å². The molecule has 1 aromatic rings. The number of nitrogens with zero attached hydrogens (tertiary/aromatic N) is 2. The van der Waals surface area contributed by atoms with Crippen molar-refractivity contribution in [1.29, 1.82) is 0 Å². The molecule has 3 amide bonds. The summed E-state index contributed by atoms with van der Waals surface area (Å²) in [4.78, 5) is 36.8. The monoisotopic (exact) mass is 401 g/mol. The van der Waals surface area contributed by atoms with Crippen molar-refractivity contribution in [2.24, 2.45) is 0 Å². The Morgan fingerprint density at radius 3 is 2.22 bits per heavy atom. The maximum absolute atomic E-state index is 13.6. The average molecular weight is 401 g/mol. The number of benzene rings is 1. The van der Waals surface area contributed by atoms with Crippen molar-refractivity contribution in [1.82, 2.24) is 14.5 Å². The standard InChI is InChI=1S/C16H17F2N3O5S/c17-11-2-1-3-12(18)16(11)27(25,26)19-7-6-13(22)20-8-10(9-20)21-14(23)4-5-15(21)24/h1-3,10,19H,4-9H2. The lowest BCUT2D eigenvalue weighted by atomic mass is 10.1. The van der Waals surface area contributed by atoms with Crippen LogP contribution >= 0.6 is 0 Å². The summed E-state index contributed by atoms with van der Waals surface area (Å²) in [6.45, 7) is 0.0632. The molecule has 2 aliphatic rings. The van der Waals surface area contributed by atoms with Gasteiger partial charge in [-0.05, 0) is 12.1 Å². The van der Waals surface area contributed by atoms with Crippen molar-refractivity contribution in [3.8, 4) is 0 Å². The topological polar surface area (TPSA) is 104 Å². The van der Waals surface area contributed by atoms with Gasteiger partial charge in [-0.25, -0.2) is 21.9 Å². The number of hydrogen-bond donors (Lipinski definition) is 1. The minimum atomic E-state index is -4.44. The van der Waals surface area contributed by atoms with Crippen LogP contribution in [0.4, 0.5) is 8.78 Å². The number of sulfonamides is 1. The largest absolute Gasteiger partial charge is 0.338 e. The Morgan fingerprint density at radius 1 is 1.11 bits per heavy atom. The normalized spacial score (nSPS) is 18.1. The van der Waals surface area contributed by atoms with Crippen molar-refractivity contribution < 1.29 is 31.6 Å². The van der Waals surface area contributed by atoms with Gasteiger partial charge in [0.05, 0.1) is 6.04 Å². The Hall–Kier alpha value is -2.40. The molecule has 2 saturated heterocycles. The zero-order valence-electron chi connectivity index (χ0n) is 14.2. The maximum Gasteiger partial charge on any atom is 0.246 e. The first-order chi connectivity index (χ1) is 12.7. The van der Waals surface area contributed by atoms with Crippen LogP contribution in [0.5, 0.6) is 0 Å². The number of likely N-dealkylation sites (tertiary alicyclic amines) is 2. The first kappa shape index (κ1) is 19.4. The molecular weight excluding hydrogens is 384 g/mol. The second kappa shape index (κ2) is 7.31. The lowest BCUT2D eigenvalue weighted by Crippen LogP contribution is -2.62. The van der Waals surface area contributed by atoms with Gasteiger partial charge in [0, 0.05) is 38.9 Å². The van der Waals surface area contributed by atoms with Crippen LogP contribution < -0.4 is 4.72 Å². The summed E-state index contributed by atoms with van der Waals surface area (Å²) in [6, 6.07) is 2.35. The van der Waals surface area contributed by atoms with E-state index in [1.807, 2.05) is 4.72 Å². The molecule has 1 N–H and O–H groups in total. The van der Waals surface area contributed by atoms with Gasteiger partial charge in [-0.2, -0.15) is 0 Å². The SMILES string of the molecule is O=C(CCNS(=O)(=O)c1c(F)cccc1F)N1CC(N2C(=O)CCC2=O)C1. The predicted molar refractivity (Wildman–Crippen MR) is 87.6 cm³/mol. The molecule has 146 valence electrons. The Labute approximate surface area is 154 Å². The van der Waals surface area contributed by atoms with E-state index in [-0.39, 0.29) is 62.7 Å². The molecule has 0 atom stereocenters. The van der Waals surface area contributed by atoms with Crippen molar-refractivity contribution in [2.75, 3.05) is 19.6 Å². The molecule has 27 heavy (non-hydrogen) atoms. The maximum atomic E-state index is 13.6. The van der Waals surface area contributed by atoms with Crippen molar-refractivity contribution in [3.05, 3.63) is 29.8 Å². The number of imide groups is 1. The summed E-state index contributed by atoms with van der Waals surface area (Å²) in [5, 5.41) is 0.